The van der Waals surface area contributed by atoms with Gasteiger partial charge in [-0.2, -0.15) is 0 Å². The first-order valence-electron chi connectivity index (χ1n) is 8.96. The monoisotopic (exact) mass is 370 g/mol. The maximum absolute atomic E-state index is 13.2. The molecule has 0 amide bonds. The van der Waals surface area contributed by atoms with Crippen LogP contribution < -0.4 is 10.6 Å². The van der Waals surface area contributed by atoms with E-state index in [2.05, 4.69) is 20.6 Å². The van der Waals surface area contributed by atoms with E-state index >= 15 is 0 Å². The van der Waals surface area contributed by atoms with E-state index in [-0.39, 0.29) is 5.82 Å². The van der Waals surface area contributed by atoms with Gasteiger partial charge in [0.1, 0.15) is 17.5 Å². The van der Waals surface area contributed by atoms with E-state index in [9.17, 15) is 4.39 Å². The summed E-state index contributed by atoms with van der Waals surface area (Å²) in [5.74, 6) is 1.61. The number of aryl methyl sites for hydroxylation is 1. The minimum atomic E-state index is -0.278. The van der Waals surface area contributed by atoms with Crippen molar-refractivity contribution in [3.05, 3.63) is 96.3 Å². The van der Waals surface area contributed by atoms with Gasteiger partial charge in [-0.1, -0.05) is 48.0 Å². The van der Waals surface area contributed by atoms with Crippen LogP contribution in [0.2, 0.25) is 0 Å². The number of nitrogens with zero attached hydrogens (tertiary/aromatic N) is 2. The Morgan fingerprint density at radius 3 is 1.79 bits per heavy atom. The van der Waals surface area contributed by atoms with Crippen molar-refractivity contribution in [2.24, 2.45) is 0 Å². The average Bonchev–Trinajstić information content (AvgIpc) is 2.72. The molecule has 0 aliphatic heterocycles. The van der Waals surface area contributed by atoms with Crippen LogP contribution in [0.3, 0.4) is 0 Å². The zero-order valence-electron chi connectivity index (χ0n) is 15.4. The summed E-state index contributed by atoms with van der Waals surface area (Å²) in [6, 6.07) is 25.9. The lowest BCUT2D eigenvalue weighted by molar-refractivity contribution is 0.628. The number of nitrogens with one attached hydrogen (secondary N) is 2. The van der Waals surface area contributed by atoms with Crippen LogP contribution in [-0.2, 0) is 0 Å². The number of rotatable bonds is 5. The van der Waals surface area contributed by atoms with Gasteiger partial charge < -0.3 is 10.6 Å². The summed E-state index contributed by atoms with van der Waals surface area (Å²) >= 11 is 0. The molecule has 4 aromatic rings. The Morgan fingerprint density at radius 1 is 0.679 bits per heavy atom. The van der Waals surface area contributed by atoms with E-state index < -0.39 is 0 Å². The molecule has 5 heteroatoms. The molecule has 0 aliphatic carbocycles. The summed E-state index contributed by atoms with van der Waals surface area (Å²) in [5, 5.41) is 6.54. The Labute approximate surface area is 163 Å². The fourth-order valence-electron chi connectivity index (χ4n) is 2.76. The molecule has 0 unspecified atom stereocenters. The number of hydrogen-bond acceptors (Lipinski definition) is 4. The lowest BCUT2D eigenvalue weighted by atomic mass is 10.2. The summed E-state index contributed by atoms with van der Waals surface area (Å²) < 4.78 is 13.2. The van der Waals surface area contributed by atoms with Gasteiger partial charge in [0.15, 0.2) is 5.82 Å². The lowest BCUT2D eigenvalue weighted by Gasteiger charge is -2.12. The molecule has 2 N–H and O–H groups in total. The second kappa shape index (κ2) is 7.88. The van der Waals surface area contributed by atoms with E-state index in [1.807, 2.05) is 67.6 Å². The standard InChI is InChI=1S/C23H19FN4/c1-16-7-11-19(12-8-16)25-21-15-22(26-20-13-9-18(24)10-14-20)28-23(27-21)17-5-3-2-4-6-17/h2-15H,1H3,(H2,25,26,27,28). The molecule has 0 saturated heterocycles. The smallest absolute Gasteiger partial charge is 0.163 e. The van der Waals surface area contributed by atoms with Crippen molar-refractivity contribution in [3.8, 4) is 11.4 Å². The fourth-order valence-corrected chi connectivity index (χ4v) is 2.76. The highest BCUT2D eigenvalue weighted by Gasteiger charge is 2.08. The van der Waals surface area contributed by atoms with Gasteiger partial charge in [0.25, 0.3) is 0 Å². The molecule has 0 spiro atoms. The van der Waals surface area contributed by atoms with E-state index in [1.165, 1.54) is 17.7 Å². The molecule has 3 aromatic carbocycles. The Hall–Kier alpha value is -3.73. The van der Waals surface area contributed by atoms with Crippen LogP contribution >= 0.6 is 0 Å². The number of benzene rings is 3. The second-order valence-corrected chi connectivity index (χ2v) is 6.45. The third-order valence-corrected chi connectivity index (χ3v) is 4.20. The largest absolute Gasteiger partial charge is 0.340 e. The number of aromatic nitrogens is 2. The first kappa shape index (κ1) is 17.7. The molecular formula is C23H19FN4. The van der Waals surface area contributed by atoms with Crippen molar-refractivity contribution in [1.29, 1.82) is 0 Å². The quantitative estimate of drug-likeness (QED) is 0.447. The predicted molar refractivity (Wildman–Crippen MR) is 112 cm³/mol. The highest BCUT2D eigenvalue weighted by Crippen LogP contribution is 2.25. The normalized spacial score (nSPS) is 10.5. The van der Waals surface area contributed by atoms with Gasteiger partial charge in [-0.3, -0.25) is 0 Å². The van der Waals surface area contributed by atoms with Gasteiger partial charge >= 0.3 is 0 Å². The molecular weight excluding hydrogens is 351 g/mol. The van der Waals surface area contributed by atoms with Crippen LogP contribution in [0.5, 0.6) is 0 Å². The highest BCUT2D eigenvalue weighted by molar-refractivity contribution is 5.68. The Kier molecular flexibility index (Phi) is 4.97. The predicted octanol–water partition coefficient (Wildman–Crippen LogP) is 6.08. The highest BCUT2D eigenvalue weighted by atomic mass is 19.1. The maximum atomic E-state index is 13.2. The maximum Gasteiger partial charge on any atom is 0.163 e. The molecule has 0 saturated carbocycles. The van der Waals surface area contributed by atoms with Crippen molar-refractivity contribution in [2.45, 2.75) is 6.92 Å². The molecule has 4 nitrogen and oxygen atoms in total. The van der Waals surface area contributed by atoms with Gasteiger partial charge in [0, 0.05) is 23.0 Å². The molecule has 28 heavy (non-hydrogen) atoms. The van der Waals surface area contributed by atoms with Gasteiger partial charge in [-0.05, 0) is 43.3 Å². The summed E-state index contributed by atoms with van der Waals surface area (Å²) in [7, 11) is 0. The van der Waals surface area contributed by atoms with E-state index in [0.29, 0.717) is 17.5 Å². The van der Waals surface area contributed by atoms with Crippen molar-refractivity contribution < 1.29 is 4.39 Å². The Morgan fingerprint density at radius 2 is 1.21 bits per heavy atom. The van der Waals surface area contributed by atoms with Crippen LogP contribution in [0.4, 0.5) is 27.4 Å². The zero-order chi connectivity index (χ0) is 19.3. The minimum Gasteiger partial charge on any atom is -0.340 e. The minimum absolute atomic E-state index is 0.278. The van der Waals surface area contributed by atoms with Crippen LogP contribution in [0.25, 0.3) is 11.4 Å². The van der Waals surface area contributed by atoms with E-state index in [0.717, 1.165) is 16.9 Å². The first-order valence-corrected chi connectivity index (χ1v) is 8.96. The molecule has 0 radical (unpaired) electrons. The second-order valence-electron chi connectivity index (χ2n) is 6.45. The first-order chi connectivity index (χ1) is 13.7. The molecule has 1 aromatic heterocycles. The van der Waals surface area contributed by atoms with Gasteiger partial charge in [-0.25, -0.2) is 14.4 Å². The lowest BCUT2D eigenvalue weighted by Crippen LogP contribution is -2.02. The molecule has 4 rings (SSSR count). The van der Waals surface area contributed by atoms with Crippen molar-refractivity contribution in [3.63, 3.8) is 0 Å². The Bertz CT molecular complexity index is 996. The summed E-state index contributed by atoms with van der Waals surface area (Å²) in [6.45, 7) is 2.05. The number of halogens is 1. The van der Waals surface area contributed by atoms with E-state index in [4.69, 9.17) is 0 Å². The topological polar surface area (TPSA) is 49.8 Å². The van der Waals surface area contributed by atoms with E-state index in [1.54, 1.807) is 12.1 Å². The molecule has 0 bridgehead atoms. The van der Waals surface area contributed by atoms with Crippen molar-refractivity contribution in [1.82, 2.24) is 9.97 Å². The number of hydrogen-bond donors (Lipinski definition) is 2. The van der Waals surface area contributed by atoms with Crippen LogP contribution in [0.15, 0.2) is 84.9 Å². The Balaban J connectivity index is 1.70. The third-order valence-electron chi connectivity index (χ3n) is 4.20. The molecule has 0 aliphatic rings. The van der Waals surface area contributed by atoms with Crippen molar-refractivity contribution >= 4 is 23.0 Å². The molecule has 0 fully saturated rings. The zero-order valence-corrected chi connectivity index (χ0v) is 15.4. The van der Waals surface area contributed by atoms with Crippen LogP contribution in [-0.4, -0.2) is 9.97 Å². The van der Waals surface area contributed by atoms with Gasteiger partial charge in [0.2, 0.25) is 0 Å². The van der Waals surface area contributed by atoms with Crippen molar-refractivity contribution in [2.75, 3.05) is 10.6 Å². The molecule has 138 valence electrons. The van der Waals surface area contributed by atoms with Gasteiger partial charge in [-0.15, -0.1) is 0 Å². The SMILES string of the molecule is Cc1ccc(Nc2cc(Nc3ccc(F)cc3)nc(-c3ccccc3)n2)cc1. The number of anilines is 4. The van der Waals surface area contributed by atoms with Gasteiger partial charge in [0.05, 0.1) is 0 Å². The molecule has 1 heterocycles. The van der Waals surface area contributed by atoms with Crippen LogP contribution in [0, 0.1) is 12.7 Å². The summed E-state index contributed by atoms with van der Waals surface area (Å²) in [4.78, 5) is 9.28. The van der Waals surface area contributed by atoms with Crippen LogP contribution in [0.1, 0.15) is 5.56 Å². The average molecular weight is 370 g/mol. The third kappa shape index (κ3) is 4.32. The summed E-state index contributed by atoms with van der Waals surface area (Å²) in [5.41, 5.74) is 3.80. The fraction of sp³-hybridized carbons (Fsp3) is 0.0435. The summed E-state index contributed by atoms with van der Waals surface area (Å²) in [6.07, 6.45) is 0. The molecule has 0 atom stereocenters.